The average molecular weight is 442 g/mol. The fourth-order valence-corrected chi connectivity index (χ4v) is 3.27. The molecular formula is C25H25F3N2O2. The third kappa shape index (κ3) is 6.33. The highest BCUT2D eigenvalue weighted by atomic mass is 19.4. The van der Waals surface area contributed by atoms with E-state index in [1.165, 1.54) is 6.07 Å². The summed E-state index contributed by atoms with van der Waals surface area (Å²) >= 11 is 0. The van der Waals surface area contributed by atoms with Gasteiger partial charge in [0.15, 0.2) is 0 Å². The first kappa shape index (κ1) is 23.3. The van der Waals surface area contributed by atoms with Gasteiger partial charge in [-0.25, -0.2) is 4.99 Å². The molecule has 0 aliphatic carbocycles. The molecule has 0 fully saturated rings. The molecule has 0 saturated carbocycles. The number of hydrogen-bond donors (Lipinski definition) is 0. The second-order valence-corrected chi connectivity index (χ2v) is 8.36. The number of halogens is 3. The number of rotatable bonds is 5. The Morgan fingerprint density at radius 2 is 1.53 bits per heavy atom. The molecule has 0 N–H and O–H groups in total. The molecule has 0 saturated heterocycles. The molecule has 0 aromatic heterocycles. The Labute approximate surface area is 185 Å². The molecule has 0 heterocycles. The van der Waals surface area contributed by atoms with E-state index in [1.807, 2.05) is 18.2 Å². The predicted molar refractivity (Wildman–Crippen MR) is 120 cm³/mol. The first-order valence-electron chi connectivity index (χ1n) is 10.2. The van der Waals surface area contributed by atoms with Gasteiger partial charge in [0.1, 0.15) is 12.1 Å². The van der Waals surface area contributed by atoms with E-state index in [0.29, 0.717) is 10.9 Å². The molecule has 168 valence electrons. The molecule has 0 aliphatic heterocycles. The summed E-state index contributed by atoms with van der Waals surface area (Å²) in [5, 5.41) is 1.37. The number of amidine groups is 1. The van der Waals surface area contributed by atoms with Crippen LogP contribution in [0.4, 0.5) is 18.9 Å². The zero-order valence-corrected chi connectivity index (χ0v) is 18.2. The van der Waals surface area contributed by atoms with Crippen molar-refractivity contribution >= 4 is 28.3 Å². The summed E-state index contributed by atoms with van der Waals surface area (Å²) in [6, 6.07) is 20.7. The standard InChI is InChI=1S/C25H25F3N2O2/c1-24(2,3)32-22(31)17-30(16-18-10-5-4-6-11-18)23(25(26,27)28)29-21-15-9-13-19-12-7-8-14-20(19)21/h4-15H,16-17H2,1-3H3. The first-order valence-corrected chi connectivity index (χ1v) is 10.2. The zero-order chi connectivity index (χ0) is 23.4. The van der Waals surface area contributed by atoms with Crippen LogP contribution in [-0.2, 0) is 16.1 Å². The Kier molecular flexibility index (Phi) is 6.87. The molecule has 3 aromatic rings. The van der Waals surface area contributed by atoms with Crippen LogP contribution in [0.2, 0.25) is 0 Å². The van der Waals surface area contributed by atoms with E-state index in [9.17, 15) is 18.0 Å². The van der Waals surface area contributed by atoms with E-state index >= 15 is 0 Å². The lowest BCUT2D eigenvalue weighted by Gasteiger charge is -2.28. The number of carbonyl (C=O) groups is 1. The van der Waals surface area contributed by atoms with Gasteiger partial charge >= 0.3 is 12.1 Å². The van der Waals surface area contributed by atoms with Crippen LogP contribution >= 0.6 is 0 Å². The highest BCUT2D eigenvalue weighted by molar-refractivity contribution is 5.98. The molecule has 0 atom stereocenters. The maximum absolute atomic E-state index is 14.2. The van der Waals surface area contributed by atoms with Gasteiger partial charge in [-0.1, -0.05) is 66.7 Å². The molecule has 0 bridgehead atoms. The molecule has 0 spiro atoms. The molecule has 4 nitrogen and oxygen atoms in total. The highest BCUT2D eigenvalue weighted by Crippen LogP contribution is 2.30. The number of benzene rings is 3. The Morgan fingerprint density at radius 3 is 2.19 bits per heavy atom. The molecule has 7 heteroatoms. The van der Waals surface area contributed by atoms with Crippen LogP contribution in [0.5, 0.6) is 0 Å². The van der Waals surface area contributed by atoms with E-state index in [4.69, 9.17) is 4.74 Å². The van der Waals surface area contributed by atoms with E-state index in [1.54, 1.807) is 69.3 Å². The molecule has 0 aliphatic rings. The van der Waals surface area contributed by atoms with Crippen molar-refractivity contribution in [3.8, 4) is 0 Å². The summed E-state index contributed by atoms with van der Waals surface area (Å²) < 4.78 is 48.0. The molecule has 0 radical (unpaired) electrons. The van der Waals surface area contributed by atoms with Crippen molar-refractivity contribution in [2.75, 3.05) is 6.54 Å². The van der Waals surface area contributed by atoms with Crippen molar-refractivity contribution in [3.63, 3.8) is 0 Å². The van der Waals surface area contributed by atoms with E-state index in [0.717, 1.165) is 10.3 Å². The van der Waals surface area contributed by atoms with Gasteiger partial charge in [0.05, 0.1) is 5.69 Å². The van der Waals surface area contributed by atoms with E-state index < -0.39 is 30.1 Å². The van der Waals surface area contributed by atoms with Gasteiger partial charge in [-0.3, -0.25) is 4.79 Å². The Morgan fingerprint density at radius 1 is 0.906 bits per heavy atom. The SMILES string of the molecule is CC(C)(C)OC(=O)CN(Cc1ccccc1)C(=Nc1cccc2ccccc12)C(F)(F)F. The minimum Gasteiger partial charge on any atom is -0.459 e. The minimum absolute atomic E-state index is 0.150. The summed E-state index contributed by atoms with van der Waals surface area (Å²) in [5.74, 6) is -1.91. The van der Waals surface area contributed by atoms with Gasteiger partial charge in [-0.05, 0) is 37.8 Å². The second kappa shape index (κ2) is 9.42. The predicted octanol–water partition coefficient (Wildman–Crippen LogP) is 6.28. The van der Waals surface area contributed by atoms with Crippen LogP contribution in [-0.4, -0.2) is 35.0 Å². The lowest BCUT2D eigenvalue weighted by molar-refractivity contribution is -0.155. The van der Waals surface area contributed by atoms with Crippen LogP contribution in [0.15, 0.2) is 77.8 Å². The third-order valence-electron chi connectivity index (χ3n) is 4.50. The van der Waals surface area contributed by atoms with Crippen molar-refractivity contribution in [2.45, 2.75) is 39.1 Å². The number of carbonyl (C=O) groups excluding carboxylic acids is 1. The molecule has 32 heavy (non-hydrogen) atoms. The molecule has 0 amide bonds. The second-order valence-electron chi connectivity index (χ2n) is 8.36. The monoisotopic (exact) mass is 442 g/mol. The lowest BCUT2D eigenvalue weighted by atomic mass is 10.1. The molecule has 3 rings (SSSR count). The summed E-state index contributed by atoms with van der Waals surface area (Å²) in [5.41, 5.74) is -0.0238. The van der Waals surface area contributed by atoms with Crippen molar-refractivity contribution in [3.05, 3.63) is 78.4 Å². The highest BCUT2D eigenvalue weighted by Gasteiger charge is 2.41. The van der Waals surface area contributed by atoms with Crippen molar-refractivity contribution in [1.82, 2.24) is 4.90 Å². The van der Waals surface area contributed by atoms with Gasteiger partial charge < -0.3 is 9.64 Å². The van der Waals surface area contributed by atoms with Crippen molar-refractivity contribution in [2.24, 2.45) is 4.99 Å². The minimum atomic E-state index is -4.78. The van der Waals surface area contributed by atoms with Gasteiger partial charge in [0.25, 0.3) is 0 Å². The number of hydrogen-bond acceptors (Lipinski definition) is 3. The third-order valence-corrected chi connectivity index (χ3v) is 4.50. The Bertz CT molecular complexity index is 1100. The Balaban J connectivity index is 2.07. The Hall–Kier alpha value is -3.35. The summed E-state index contributed by atoms with van der Waals surface area (Å²) in [4.78, 5) is 17.4. The maximum Gasteiger partial charge on any atom is 0.449 e. The number of fused-ring (bicyclic) bond motifs is 1. The smallest absolute Gasteiger partial charge is 0.449 e. The molecular weight excluding hydrogens is 417 g/mol. The van der Waals surface area contributed by atoms with Crippen molar-refractivity contribution in [1.29, 1.82) is 0 Å². The van der Waals surface area contributed by atoms with Crippen LogP contribution in [0, 0.1) is 0 Å². The number of alkyl halides is 3. The van der Waals surface area contributed by atoms with Crippen molar-refractivity contribution < 1.29 is 22.7 Å². The first-order chi connectivity index (χ1) is 15.0. The van der Waals surface area contributed by atoms with Gasteiger partial charge in [0, 0.05) is 11.9 Å². The normalized spacial score (nSPS) is 12.6. The summed E-state index contributed by atoms with van der Waals surface area (Å²) in [6.45, 7) is 4.27. The topological polar surface area (TPSA) is 41.9 Å². The number of aliphatic imine (C=N–C) groups is 1. The van der Waals surface area contributed by atoms with E-state index in [2.05, 4.69) is 4.99 Å². The van der Waals surface area contributed by atoms with Crippen LogP contribution in [0.3, 0.4) is 0 Å². The van der Waals surface area contributed by atoms with Gasteiger partial charge in [-0.2, -0.15) is 13.2 Å². The van der Waals surface area contributed by atoms with Crippen LogP contribution in [0.25, 0.3) is 10.8 Å². The number of ether oxygens (including phenoxy) is 1. The number of nitrogens with zero attached hydrogens (tertiary/aromatic N) is 2. The zero-order valence-electron chi connectivity index (χ0n) is 18.2. The quantitative estimate of drug-likeness (QED) is 0.265. The maximum atomic E-state index is 14.2. The molecule has 3 aromatic carbocycles. The molecule has 0 unspecified atom stereocenters. The fourth-order valence-electron chi connectivity index (χ4n) is 3.27. The average Bonchev–Trinajstić information content (AvgIpc) is 2.70. The summed E-state index contributed by atoms with van der Waals surface area (Å²) in [6.07, 6.45) is -4.78. The van der Waals surface area contributed by atoms with E-state index in [-0.39, 0.29) is 12.2 Å². The number of esters is 1. The fraction of sp³-hybridized carbons (Fsp3) is 0.280. The van der Waals surface area contributed by atoms with Gasteiger partial charge in [-0.15, -0.1) is 0 Å². The van der Waals surface area contributed by atoms with Crippen LogP contribution in [0.1, 0.15) is 26.3 Å². The van der Waals surface area contributed by atoms with Gasteiger partial charge in [0.2, 0.25) is 5.84 Å². The lowest BCUT2D eigenvalue weighted by Crippen LogP contribution is -2.44. The summed E-state index contributed by atoms with van der Waals surface area (Å²) in [7, 11) is 0. The van der Waals surface area contributed by atoms with Crippen LogP contribution < -0.4 is 0 Å². The largest absolute Gasteiger partial charge is 0.459 e.